The van der Waals surface area contributed by atoms with Crippen molar-refractivity contribution in [1.29, 1.82) is 0 Å². The van der Waals surface area contributed by atoms with E-state index in [1.807, 2.05) is 12.1 Å². The second-order valence-corrected chi connectivity index (χ2v) is 8.11. The number of benzene rings is 2. The summed E-state index contributed by atoms with van der Waals surface area (Å²) in [4.78, 5) is -0.414. The third kappa shape index (κ3) is 4.47. The fraction of sp³-hybridized carbons (Fsp3) is 0.150. The molecule has 0 aliphatic heterocycles. The van der Waals surface area contributed by atoms with E-state index in [0.29, 0.717) is 17.2 Å². The molecule has 0 fully saturated rings. The van der Waals surface area contributed by atoms with Crippen LogP contribution in [0.3, 0.4) is 0 Å². The van der Waals surface area contributed by atoms with Gasteiger partial charge in [0.15, 0.2) is 11.5 Å². The first-order valence-electron chi connectivity index (χ1n) is 9.22. The van der Waals surface area contributed by atoms with Crippen molar-refractivity contribution in [2.45, 2.75) is 4.90 Å². The molecule has 0 bridgehead atoms. The molecule has 4 aromatic rings. The minimum Gasteiger partial charge on any atom is -0.497 e. The molecule has 1 N–H and O–H groups in total. The maximum atomic E-state index is 13.7. The fourth-order valence-corrected chi connectivity index (χ4v) is 3.93. The lowest BCUT2D eigenvalue weighted by Crippen LogP contribution is -2.29. The minimum atomic E-state index is -3.98. The van der Waals surface area contributed by atoms with Crippen LogP contribution in [0.5, 0.6) is 11.6 Å². The zero-order chi connectivity index (χ0) is 21.8. The number of rotatable bonds is 8. The van der Waals surface area contributed by atoms with Gasteiger partial charge in [-0.15, -0.1) is 15.3 Å². The number of aromatic nitrogens is 4. The van der Waals surface area contributed by atoms with Crippen LogP contribution >= 0.6 is 0 Å². The van der Waals surface area contributed by atoms with Gasteiger partial charge >= 0.3 is 0 Å². The topological polar surface area (TPSA) is 108 Å². The summed E-state index contributed by atoms with van der Waals surface area (Å²) in [6.45, 7) is -0.0733. The van der Waals surface area contributed by atoms with Crippen LogP contribution in [-0.2, 0) is 10.0 Å². The third-order valence-electron chi connectivity index (χ3n) is 4.36. The second kappa shape index (κ2) is 8.66. The van der Waals surface area contributed by atoms with Crippen molar-refractivity contribution in [3.05, 3.63) is 66.5 Å². The lowest BCUT2D eigenvalue weighted by molar-refractivity contribution is 0.306. The summed E-state index contributed by atoms with van der Waals surface area (Å²) in [6.07, 6.45) is 0. The van der Waals surface area contributed by atoms with Crippen LogP contribution in [0, 0.1) is 5.82 Å². The van der Waals surface area contributed by atoms with Gasteiger partial charge in [0.2, 0.25) is 15.9 Å². The van der Waals surface area contributed by atoms with Crippen molar-refractivity contribution in [3.8, 4) is 23.0 Å². The van der Waals surface area contributed by atoms with Crippen molar-refractivity contribution in [2.75, 3.05) is 20.3 Å². The van der Waals surface area contributed by atoms with Gasteiger partial charge in [-0.05, 0) is 42.5 Å². The van der Waals surface area contributed by atoms with Gasteiger partial charge < -0.3 is 9.47 Å². The first-order valence-corrected chi connectivity index (χ1v) is 10.7. The van der Waals surface area contributed by atoms with Crippen molar-refractivity contribution < 1.29 is 22.3 Å². The van der Waals surface area contributed by atoms with Crippen LogP contribution in [0.25, 0.3) is 17.0 Å². The van der Waals surface area contributed by atoms with Crippen molar-refractivity contribution >= 4 is 15.7 Å². The van der Waals surface area contributed by atoms with E-state index in [4.69, 9.17) is 9.47 Å². The molecule has 0 amide bonds. The van der Waals surface area contributed by atoms with E-state index < -0.39 is 20.7 Å². The average molecular weight is 443 g/mol. The maximum Gasteiger partial charge on any atom is 0.243 e. The Bertz CT molecular complexity index is 1310. The largest absolute Gasteiger partial charge is 0.497 e. The van der Waals surface area contributed by atoms with Gasteiger partial charge in [-0.1, -0.05) is 12.1 Å². The number of fused-ring (bicyclic) bond motifs is 1. The fourth-order valence-electron chi connectivity index (χ4n) is 2.84. The van der Waals surface area contributed by atoms with Gasteiger partial charge in [0.1, 0.15) is 23.1 Å². The second-order valence-electron chi connectivity index (χ2n) is 6.37. The van der Waals surface area contributed by atoms with Crippen LogP contribution in [0.2, 0.25) is 0 Å². The molecular formula is C20H18FN5O4S. The first kappa shape index (κ1) is 20.7. The maximum absolute atomic E-state index is 13.7. The Labute approximate surface area is 177 Å². The molecule has 0 atom stereocenters. The van der Waals surface area contributed by atoms with Gasteiger partial charge in [0, 0.05) is 18.2 Å². The van der Waals surface area contributed by atoms with Crippen LogP contribution in [0.15, 0.2) is 65.6 Å². The van der Waals surface area contributed by atoms with E-state index in [9.17, 15) is 12.8 Å². The summed E-state index contributed by atoms with van der Waals surface area (Å²) in [7, 11) is -2.39. The Morgan fingerprint density at radius 3 is 2.55 bits per heavy atom. The zero-order valence-electron chi connectivity index (χ0n) is 16.4. The summed E-state index contributed by atoms with van der Waals surface area (Å²) in [6, 6.07) is 15.7. The predicted octanol–water partition coefficient (Wildman–Crippen LogP) is 2.30. The monoisotopic (exact) mass is 443 g/mol. The van der Waals surface area contributed by atoms with E-state index in [1.54, 1.807) is 31.4 Å². The van der Waals surface area contributed by atoms with E-state index in [-0.39, 0.29) is 19.0 Å². The van der Waals surface area contributed by atoms with Crippen molar-refractivity contribution in [3.63, 3.8) is 0 Å². The molecule has 9 nitrogen and oxygen atoms in total. The number of nitrogens with one attached hydrogen (secondary N) is 1. The van der Waals surface area contributed by atoms with Crippen molar-refractivity contribution in [1.82, 2.24) is 24.5 Å². The van der Waals surface area contributed by atoms with Gasteiger partial charge in [-0.25, -0.2) is 17.5 Å². The Morgan fingerprint density at radius 2 is 1.81 bits per heavy atom. The predicted molar refractivity (Wildman–Crippen MR) is 110 cm³/mol. The van der Waals surface area contributed by atoms with Crippen LogP contribution < -0.4 is 14.2 Å². The third-order valence-corrected chi connectivity index (χ3v) is 5.85. The molecule has 160 valence electrons. The number of nitrogens with zero attached hydrogens (tertiary/aromatic N) is 4. The number of hydrogen-bond acceptors (Lipinski definition) is 7. The molecule has 2 aromatic heterocycles. The van der Waals surface area contributed by atoms with Crippen LogP contribution in [0.1, 0.15) is 0 Å². The highest BCUT2D eigenvalue weighted by atomic mass is 32.2. The van der Waals surface area contributed by atoms with Crippen molar-refractivity contribution in [2.24, 2.45) is 0 Å². The van der Waals surface area contributed by atoms with Gasteiger partial charge in [-0.3, -0.25) is 0 Å². The van der Waals surface area contributed by atoms with E-state index in [2.05, 4.69) is 20.0 Å². The summed E-state index contributed by atoms with van der Waals surface area (Å²) in [5, 5.41) is 12.6. The quantitative estimate of drug-likeness (QED) is 0.416. The standard InChI is InChI=1S/C20H18FN5O4S/c1-29-15-8-6-14(7-9-15)20-24-23-18-10-11-19(25-26(18)20)30-13-12-22-31(27,28)17-5-3-2-4-16(17)21/h2-11,22H,12-13H2,1H3. The number of halogens is 1. The van der Waals surface area contributed by atoms with E-state index in [0.717, 1.165) is 11.6 Å². The summed E-state index contributed by atoms with van der Waals surface area (Å²) < 4.78 is 52.6. The van der Waals surface area contributed by atoms with Crippen LogP contribution in [0.4, 0.5) is 4.39 Å². The molecule has 4 rings (SSSR count). The molecule has 31 heavy (non-hydrogen) atoms. The molecule has 0 saturated carbocycles. The highest BCUT2D eigenvalue weighted by Crippen LogP contribution is 2.22. The molecular weight excluding hydrogens is 425 g/mol. The molecule has 2 heterocycles. The SMILES string of the molecule is COc1ccc(-c2nnc3ccc(OCCNS(=O)(=O)c4ccccc4F)nn23)cc1. The molecule has 0 saturated heterocycles. The molecule has 0 aliphatic carbocycles. The summed E-state index contributed by atoms with van der Waals surface area (Å²) in [5.41, 5.74) is 1.31. The lowest BCUT2D eigenvalue weighted by Gasteiger charge is -2.09. The minimum absolute atomic E-state index is 0.00775. The number of hydrogen-bond donors (Lipinski definition) is 1. The number of ether oxygens (including phenoxy) is 2. The summed E-state index contributed by atoms with van der Waals surface area (Å²) >= 11 is 0. The Kier molecular flexibility index (Phi) is 5.78. The molecule has 0 unspecified atom stereocenters. The smallest absolute Gasteiger partial charge is 0.243 e. The molecule has 0 radical (unpaired) electrons. The van der Waals surface area contributed by atoms with E-state index in [1.165, 1.54) is 22.7 Å². The molecule has 0 aliphatic rings. The highest BCUT2D eigenvalue weighted by Gasteiger charge is 2.18. The van der Waals surface area contributed by atoms with E-state index >= 15 is 0 Å². The molecule has 2 aromatic carbocycles. The Hall–Kier alpha value is -3.57. The van der Waals surface area contributed by atoms with Gasteiger partial charge in [0.05, 0.1) is 7.11 Å². The van der Waals surface area contributed by atoms with Crippen LogP contribution in [-0.4, -0.2) is 48.5 Å². The number of sulfonamides is 1. The lowest BCUT2D eigenvalue weighted by atomic mass is 10.2. The Morgan fingerprint density at radius 1 is 1.03 bits per heavy atom. The zero-order valence-corrected chi connectivity index (χ0v) is 17.2. The van der Waals surface area contributed by atoms with Gasteiger partial charge in [0.25, 0.3) is 0 Å². The molecule has 11 heteroatoms. The highest BCUT2D eigenvalue weighted by molar-refractivity contribution is 7.89. The first-order chi connectivity index (χ1) is 15.0. The van der Waals surface area contributed by atoms with Gasteiger partial charge in [-0.2, -0.15) is 4.52 Å². The Balaban J connectivity index is 1.44. The normalized spacial score (nSPS) is 11.5. The molecule has 0 spiro atoms. The summed E-state index contributed by atoms with van der Waals surface area (Å²) in [5.74, 6) is 0.671. The number of methoxy groups -OCH3 is 1. The average Bonchev–Trinajstić information content (AvgIpc) is 3.20.